The highest BCUT2D eigenvalue weighted by Gasteiger charge is 2.15. The number of hydrogen-bond donors (Lipinski definition) is 1. The van der Waals surface area contributed by atoms with E-state index in [9.17, 15) is 14.0 Å². The number of nitrogens with zero attached hydrogens (tertiary/aromatic N) is 1. The Kier molecular flexibility index (Phi) is 4.52. The fourth-order valence-electron chi connectivity index (χ4n) is 2.21. The van der Waals surface area contributed by atoms with E-state index in [-0.39, 0.29) is 22.5 Å². The predicted molar refractivity (Wildman–Crippen MR) is 81.0 cm³/mol. The minimum atomic E-state index is -0.466. The molecule has 0 spiro atoms. The maximum Gasteiger partial charge on any atom is 0.268 e. The lowest BCUT2D eigenvalue weighted by Crippen LogP contribution is -2.32. The molecule has 2 rings (SSSR count). The van der Waals surface area contributed by atoms with Crippen molar-refractivity contribution in [2.45, 2.75) is 19.9 Å². The van der Waals surface area contributed by atoms with Gasteiger partial charge in [0.05, 0.1) is 5.39 Å². The fraction of sp³-hybridized carbons (Fsp3) is 0.250. The van der Waals surface area contributed by atoms with Crippen LogP contribution in [0.5, 0.6) is 0 Å². The summed E-state index contributed by atoms with van der Waals surface area (Å²) in [5.74, 6) is -0.807. The number of halogens is 1. The van der Waals surface area contributed by atoms with Gasteiger partial charge in [-0.1, -0.05) is 19.1 Å². The second-order valence-electron chi connectivity index (χ2n) is 4.72. The zero-order chi connectivity index (χ0) is 15.4. The van der Waals surface area contributed by atoms with Gasteiger partial charge in [-0.15, -0.1) is 6.58 Å². The molecule has 1 heterocycles. The van der Waals surface area contributed by atoms with Crippen LogP contribution in [0.2, 0.25) is 0 Å². The lowest BCUT2D eigenvalue weighted by molar-refractivity contribution is 0.0947. The number of carbonyl (C=O) groups is 1. The van der Waals surface area contributed by atoms with E-state index in [0.29, 0.717) is 24.9 Å². The highest BCUT2D eigenvalue weighted by atomic mass is 19.1. The van der Waals surface area contributed by atoms with Gasteiger partial charge in [-0.3, -0.25) is 9.59 Å². The van der Waals surface area contributed by atoms with Crippen LogP contribution < -0.4 is 10.9 Å². The van der Waals surface area contributed by atoms with Gasteiger partial charge in [0.15, 0.2) is 0 Å². The van der Waals surface area contributed by atoms with Gasteiger partial charge in [-0.05, 0) is 30.0 Å². The van der Waals surface area contributed by atoms with Gasteiger partial charge < -0.3 is 9.88 Å². The maximum atomic E-state index is 13.3. The van der Waals surface area contributed by atoms with Crippen LogP contribution in [-0.2, 0) is 6.54 Å². The Balaban J connectivity index is 2.65. The third-order valence-electron chi connectivity index (χ3n) is 3.16. The number of nitrogens with one attached hydrogen (secondary N) is 1. The first-order valence-electron chi connectivity index (χ1n) is 6.80. The predicted octanol–water partition coefficient (Wildman–Crippen LogP) is 2.47. The van der Waals surface area contributed by atoms with E-state index < -0.39 is 5.82 Å². The van der Waals surface area contributed by atoms with Gasteiger partial charge in [0.1, 0.15) is 11.5 Å². The quantitative estimate of drug-likeness (QED) is 0.859. The average Bonchev–Trinajstić information content (AvgIpc) is 2.48. The molecule has 0 unspecified atom stereocenters. The lowest BCUT2D eigenvalue weighted by Gasteiger charge is -2.13. The van der Waals surface area contributed by atoms with E-state index in [4.69, 9.17) is 0 Å². The topological polar surface area (TPSA) is 51.1 Å². The second kappa shape index (κ2) is 6.35. The highest BCUT2D eigenvalue weighted by Crippen LogP contribution is 2.14. The summed E-state index contributed by atoms with van der Waals surface area (Å²) in [5, 5.41) is 3.49. The van der Waals surface area contributed by atoms with Crippen LogP contribution in [-0.4, -0.2) is 17.0 Å². The molecule has 5 heteroatoms. The number of rotatable bonds is 5. The van der Waals surface area contributed by atoms with Crippen LogP contribution in [0, 0.1) is 5.82 Å². The van der Waals surface area contributed by atoms with Gasteiger partial charge in [-0.2, -0.15) is 0 Å². The highest BCUT2D eigenvalue weighted by molar-refractivity contribution is 5.96. The van der Waals surface area contributed by atoms with Crippen molar-refractivity contribution in [1.82, 2.24) is 9.88 Å². The third kappa shape index (κ3) is 3.02. The molecule has 1 amide bonds. The third-order valence-corrected chi connectivity index (χ3v) is 3.16. The van der Waals surface area contributed by atoms with Gasteiger partial charge in [0.25, 0.3) is 11.5 Å². The van der Waals surface area contributed by atoms with E-state index in [1.54, 1.807) is 12.1 Å². The van der Waals surface area contributed by atoms with Crippen LogP contribution >= 0.6 is 0 Å². The van der Waals surface area contributed by atoms with Crippen molar-refractivity contribution in [1.29, 1.82) is 0 Å². The summed E-state index contributed by atoms with van der Waals surface area (Å²) in [7, 11) is 0. The first-order valence-corrected chi connectivity index (χ1v) is 6.80. The molecule has 0 bridgehead atoms. The maximum absolute atomic E-state index is 13.3. The number of aromatic nitrogens is 1. The largest absolute Gasteiger partial charge is 0.347 e. The molecule has 0 aliphatic rings. The van der Waals surface area contributed by atoms with Gasteiger partial charge >= 0.3 is 0 Å². The molecule has 0 atom stereocenters. The molecule has 1 aromatic carbocycles. The Hall–Kier alpha value is -2.43. The Morgan fingerprint density at radius 3 is 2.86 bits per heavy atom. The summed E-state index contributed by atoms with van der Waals surface area (Å²) >= 11 is 0. The van der Waals surface area contributed by atoms with Crippen LogP contribution in [0.15, 0.2) is 41.7 Å². The van der Waals surface area contributed by atoms with Crippen molar-refractivity contribution in [2.75, 3.05) is 6.54 Å². The molecular weight excluding hydrogens is 271 g/mol. The molecular formula is C16H17FN2O2. The SMILES string of the molecule is C=CCNC(=O)c1cc2ccc(F)cc2c(=O)n1CCC. The summed E-state index contributed by atoms with van der Waals surface area (Å²) in [4.78, 5) is 24.6. The van der Waals surface area contributed by atoms with Crippen molar-refractivity contribution < 1.29 is 9.18 Å². The summed E-state index contributed by atoms with van der Waals surface area (Å²) in [6.45, 7) is 6.17. The number of fused-ring (bicyclic) bond motifs is 1. The zero-order valence-electron chi connectivity index (χ0n) is 11.9. The van der Waals surface area contributed by atoms with Crippen LogP contribution in [0.3, 0.4) is 0 Å². The number of benzene rings is 1. The van der Waals surface area contributed by atoms with Crippen LogP contribution in [0.25, 0.3) is 10.8 Å². The second-order valence-corrected chi connectivity index (χ2v) is 4.72. The van der Waals surface area contributed by atoms with Crippen molar-refractivity contribution in [3.8, 4) is 0 Å². The monoisotopic (exact) mass is 288 g/mol. The summed E-state index contributed by atoms with van der Waals surface area (Å²) in [6, 6.07) is 5.60. The van der Waals surface area contributed by atoms with Crippen molar-refractivity contribution in [3.63, 3.8) is 0 Å². The molecule has 0 saturated carbocycles. The molecule has 4 nitrogen and oxygen atoms in total. The van der Waals surface area contributed by atoms with E-state index in [0.717, 1.165) is 0 Å². The molecule has 2 aromatic rings. The van der Waals surface area contributed by atoms with Crippen molar-refractivity contribution in [3.05, 3.63) is 58.8 Å². The molecule has 0 aliphatic heterocycles. The van der Waals surface area contributed by atoms with Crippen molar-refractivity contribution >= 4 is 16.7 Å². The molecule has 1 aromatic heterocycles. The molecule has 110 valence electrons. The Morgan fingerprint density at radius 2 is 2.19 bits per heavy atom. The van der Waals surface area contributed by atoms with Crippen molar-refractivity contribution in [2.24, 2.45) is 0 Å². The lowest BCUT2D eigenvalue weighted by atomic mass is 10.1. The van der Waals surface area contributed by atoms with Gasteiger partial charge in [-0.25, -0.2) is 4.39 Å². The molecule has 21 heavy (non-hydrogen) atoms. The first-order chi connectivity index (χ1) is 10.1. The number of hydrogen-bond acceptors (Lipinski definition) is 2. The first kappa shape index (κ1) is 15.0. The zero-order valence-corrected chi connectivity index (χ0v) is 11.9. The van der Waals surface area contributed by atoms with E-state index in [1.807, 2.05) is 6.92 Å². The summed E-state index contributed by atoms with van der Waals surface area (Å²) < 4.78 is 14.7. The molecule has 0 radical (unpaired) electrons. The fourth-order valence-corrected chi connectivity index (χ4v) is 2.21. The summed E-state index contributed by atoms with van der Waals surface area (Å²) in [6.07, 6.45) is 2.26. The molecule has 0 fully saturated rings. The smallest absolute Gasteiger partial charge is 0.268 e. The van der Waals surface area contributed by atoms with Gasteiger partial charge in [0, 0.05) is 13.1 Å². The average molecular weight is 288 g/mol. The minimum absolute atomic E-state index is 0.280. The standard InChI is InChI=1S/C16H17FN2O2/c1-3-7-18-15(20)14-9-11-5-6-12(17)10-13(11)16(21)19(14)8-4-2/h3,5-6,9-10H,1,4,7-8H2,2H3,(H,18,20). The van der Waals surface area contributed by atoms with E-state index >= 15 is 0 Å². The van der Waals surface area contributed by atoms with E-state index in [2.05, 4.69) is 11.9 Å². The summed E-state index contributed by atoms with van der Waals surface area (Å²) in [5.41, 5.74) is -0.0691. The molecule has 0 aliphatic carbocycles. The molecule has 1 N–H and O–H groups in total. The Labute approximate surface area is 121 Å². The van der Waals surface area contributed by atoms with Crippen LogP contribution in [0.1, 0.15) is 23.8 Å². The van der Waals surface area contributed by atoms with E-state index in [1.165, 1.54) is 22.8 Å². The Bertz CT molecular complexity index is 750. The Morgan fingerprint density at radius 1 is 1.43 bits per heavy atom. The van der Waals surface area contributed by atoms with Gasteiger partial charge in [0.2, 0.25) is 0 Å². The normalized spacial score (nSPS) is 10.6. The minimum Gasteiger partial charge on any atom is -0.347 e. The number of pyridine rings is 1. The number of carbonyl (C=O) groups excluding carboxylic acids is 1. The van der Waals surface area contributed by atoms with Crippen LogP contribution in [0.4, 0.5) is 4.39 Å². The number of amides is 1. The molecule has 0 saturated heterocycles.